The van der Waals surface area contributed by atoms with Crippen molar-refractivity contribution in [3.05, 3.63) is 12.2 Å². The molecule has 0 spiro atoms. The maximum atomic E-state index is 12.4. The summed E-state index contributed by atoms with van der Waals surface area (Å²) in [6.07, 6.45) is 60.5. The second-order valence-electron chi connectivity index (χ2n) is 19.3. The van der Waals surface area contributed by atoms with E-state index in [9.17, 15) is 19.8 Å². The van der Waals surface area contributed by atoms with E-state index in [1.54, 1.807) is 0 Å². The molecule has 368 valence electrons. The number of carbonyl (C=O) groups excluding carboxylic acids is 2. The number of aliphatic hydroxyl groups is 2. The summed E-state index contributed by atoms with van der Waals surface area (Å²) in [5.41, 5.74) is 0. The van der Waals surface area contributed by atoms with E-state index in [4.69, 9.17) is 4.74 Å². The minimum Gasteiger partial charge on any atom is -0.466 e. The lowest BCUT2D eigenvalue weighted by molar-refractivity contribution is -0.143. The molecule has 0 aliphatic carbocycles. The molecule has 0 aromatic carbocycles. The zero-order valence-electron chi connectivity index (χ0n) is 41.9. The molecule has 6 heteroatoms. The Morgan fingerprint density at radius 1 is 0.435 bits per heavy atom. The first-order valence-electron chi connectivity index (χ1n) is 27.9. The predicted octanol–water partition coefficient (Wildman–Crippen LogP) is 16.9. The zero-order chi connectivity index (χ0) is 45.1. The first kappa shape index (κ1) is 60.6. The number of hydrogen-bond acceptors (Lipinski definition) is 5. The van der Waals surface area contributed by atoms with Crippen LogP contribution in [-0.2, 0) is 14.3 Å². The fourth-order valence-electron chi connectivity index (χ4n) is 8.75. The molecule has 2 unspecified atom stereocenters. The molecule has 1 amide bonds. The second kappa shape index (κ2) is 52.2. The van der Waals surface area contributed by atoms with Crippen LogP contribution in [0.1, 0.15) is 309 Å². The van der Waals surface area contributed by atoms with E-state index < -0.39 is 12.1 Å². The van der Waals surface area contributed by atoms with Crippen molar-refractivity contribution >= 4 is 11.9 Å². The van der Waals surface area contributed by atoms with Gasteiger partial charge in [-0.15, -0.1) is 0 Å². The third-order valence-electron chi connectivity index (χ3n) is 13.1. The highest BCUT2D eigenvalue weighted by molar-refractivity contribution is 5.76. The van der Waals surface area contributed by atoms with E-state index in [1.807, 2.05) is 0 Å². The largest absolute Gasteiger partial charge is 0.466 e. The van der Waals surface area contributed by atoms with E-state index in [2.05, 4.69) is 31.3 Å². The van der Waals surface area contributed by atoms with Gasteiger partial charge >= 0.3 is 5.97 Å². The van der Waals surface area contributed by atoms with Gasteiger partial charge < -0.3 is 20.3 Å². The third kappa shape index (κ3) is 48.1. The lowest BCUT2D eigenvalue weighted by atomic mass is 10.0. The fourth-order valence-corrected chi connectivity index (χ4v) is 8.75. The van der Waals surface area contributed by atoms with Gasteiger partial charge in [0.1, 0.15) is 0 Å². The summed E-state index contributed by atoms with van der Waals surface area (Å²) in [6.45, 7) is 4.94. The molecule has 0 fully saturated rings. The zero-order valence-corrected chi connectivity index (χ0v) is 41.9. The number of unbranched alkanes of at least 4 members (excludes halogenated alkanes) is 39. The van der Waals surface area contributed by atoms with Crippen LogP contribution in [0.5, 0.6) is 0 Å². The van der Waals surface area contributed by atoms with Crippen molar-refractivity contribution in [2.24, 2.45) is 0 Å². The average molecular weight is 876 g/mol. The molecular weight excluding hydrogens is 767 g/mol. The molecule has 0 radical (unpaired) electrons. The van der Waals surface area contributed by atoms with Gasteiger partial charge in [-0.25, -0.2) is 0 Å². The van der Waals surface area contributed by atoms with Gasteiger partial charge in [-0.3, -0.25) is 9.59 Å². The van der Waals surface area contributed by atoms with E-state index in [-0.39, 0.29) is 18.5 Å². The molecule has 6 nitrogen and oxygen atoms in total. The molecule has 0 aliphatic heterocycles. The molecule has 62 heavy (non-hydrogen) atoms. The number of aliphatic hydroxyl groups excluding tert-OH is 2. The van der Waals surface area contributed by atoms with Crippen molar-refractivity contribution in [3.63, 3.8) is 0 Å². The maximum Gasteiger partial charge on any atom is 0.305 e. The molecule has 2 atom stereocenters. The fraction of sp³-hybridized carbons (Fsp3) is 0.929. The molecule has 3 N–H and O–H groups in total. The van der Waals surface area contributed by atoms with Gasteiger partial charge in [0.15, 0.2) is 0 Å². The summed E-state index contributed by atoms with van der Waals surface area (Å²) < 4.78 is 5.48. The highest BCUT2D eigenvalue weighted by atomic mass is 16.5. The Hall–Kier alpha value is -1.40. The molecule has 0 heterocycles. The van der Waals surface area contributed by atoms with E-state index in [1.165, 1.54) is 212 Å². The number of esters is 1. The van der Waals surface area contributed by atoms with Crippen LogP contribution in [0, 0.1) is 0 Å². The molecule has 0 aliphatic rings. The van der Waals surface area contributed by atoms with Crippen molar-refractivity contribution in [3.8, 4) is 0 Å². The van der Waals surface area contributed by atoms with Gasteiger partial charge in [0.05, 0.1) is 25.4 Å². The van der Waals surface area contributed by atoms with Gasteiger partial charge in [0.2, 0.25) is 5.91 Å². The number of allylic oxidation sites excluding steroid dienone is 2. The molecule has 0 bridgehead atoms. The quantitative estimate of drug-likeness (QED) is 0.0321. The smallest absolute Gasteiger partial charge is 0.305 e. The average Bonchev–Trinajstić information content (AvgIpc) is 3.27. The Labute approximate surface area is 387 Å². The van der Waals surface area contributed by atoms with Crippen LogP contribution in [0.15, 0.2) is 12.2 Å². The van der Waals surface area contributed by atoms with E-state index in [0.29, 0.717) is 25.9 Å². The topological polar surface area (TPSA) is 95.9 Å². The van der Waals surface area contributed by atoms with E-state index >= 15 is 0 Å². The minimum atomic E-state index is -0.673. The van der Waals surface area contributed by atoms with Crippen molar-refractivity contribution < 1.29 is 24.5 Å². The van der Waals surface area contributed by atoms with Gasteiger partial charge in [0.25, 0.3) is 0 Å². The van der Waals surface area contributed by atoms with Crippen LogP contribution in [0.3, 0.4) is 0 Å². The summed E-state index contributed by atoms with van der Waals surface area (Å²) >= 11 is 0. The van der Waals surface area contributed by atoms with Crippen LogP contribution >= 0.6 is 0 Å². The number of carbonyl (C=O) groups is 2. The summed E-state index contributed by atoms with van der Waals surface area (Å²) in [7, 11) is 0. The summed E-state index contributed by atoms with van der Waals surface area (Å²) in [4.78, 5) is 24.5. The Morgan fingerprint density at radius 2 is 0.758 bits per heavy atom. The van der Waals surface area contributed by atoms with E-state index in [0.717, 1.165) is 64.2 Å². The lowest BCUT2D eigenvalue weighted by Crippen LogP contribution is -2.45. The number of rotatable bonds is 52. The number of amides is 1. The monoisotopic (exact) mass is 876 g/mol. The van der Waals surface area contributed by atoms with Crippen LogP contribution in [0.25, 0.3) is 0 Å². The lowest BCUT2D eigenvalue weighted by Gasteiger charge is -2.22. The Bertz CT molecular complexity index is 924. The highest BCUT2D eigenvalue weighted by Crippen LogP contribution is 2.17. The first-order valence-corrected chi connectivity index (χ1v) is 27.9. The molecule has 0 saturated carbocycles. The van der Waals surface area contributed by atoms with Crippen LogP contribution in [-0.4, -0.2) is 47.4 Å². The van der Waals surface area contributed by atoms with Crippen LogP contribution in [0.2, 0.25) is 0 Å². The van der Waals surface area contributed by atoms with Crippen LogP contribution in [0.4, 0.5) is 0 Å². The standard InChI is InChI=1S/C56H109NO5/c1-3-5-7-9-11-13-15-17-18-19-23-26-30-34-38-42-46-50-56(61)62-51-47-43-39-35-31-27-24-21-20-22-25-29-33-37-41-45-49-55(60)57-53(52-58)54(59)48-44-40-36-32-28-16-14-12-10-8-6-4-2/h20,22,53-54,58-59H,3-19,21,23-52H2,1-2H3,(H,57,60)/b22-20-. The molecule has 0 aromatic heterocycles. The minimum absolute atomic E-state index is 0.00139. The van der Waals surface area contributed by atoms with Crippen molar-refractivity contribution in [2.75, 3.05) is 13.2 Å². The normalized spacial score (nSPS) is 12.6. The van der Waals surface area contributed by atoms with Crippen molar-refractivity contribution in [1.82, 2.24) is 5.32 Å². The van der Waals surface area contributed by atoms with Gasteiger partial charge in [-0.05, 0) is 51.4 Å². The number of ether oxygens (including phenoxy) is 1. The summed E-state index contributed by atoms with van der Waals surface area (Å²) in [6, 6.07) is -0.551. The Kier molecular flexibility index (Phi) is 51.0. The number of hydrogen-bond donors (Lipinski definition) is 3. The third-order valence-corrected chi connectivity index (χ3v) is 13.1. The predicted molar refractivity (Wildman–Crippen MR) is 269 cm³/mol. The molecule has 0 saturated heterocycles. The van der Waals surface area contributed by atoms with Gasteiger partial charge in [-0.2, -0.15) is 0 Å². The summed E-state index contributed by atoms with van der Waals surface area (Å²) in [5.74, 6) is -0.0502. The Balaban J connectivity index is 3.43. The highest BCUT2D eigenvalue weighted by Gasteiger charge is 2.20. The van der Waals surface area contributed by atoms with Crippen molar-refractivity contribution in [1.29, 1.82) is 0 Å². The summed E-state index contributed by atoms with van der Waals surface area (Å²) in [5, 5.41) is 23.2. The maximum absolute atomic E-state index is 12.4. The SMILES string of the molecule is CCCCCCCCCCCCCCCCCCCC(=O)OCCCCCCCCC/C=C\CCCCCCCC(=O)NC(CO)C(O)CCCCCCCCCCCCCC. The molecule has 0 rings (SSSR count). The Morgan fingerprint density at radius 3 is 1.15 bits per heavy atom. The molecular formula is C56H109NO5. The molecule has 0 aromatic rings. The first-order chi connectivity index (χ1) is 30.5. The van der Waals surface area contributed by atoms with Crippen molar-refractivity contribution in [2.45, 2.75) is 321 Å². The number of nitrogens with one attached hydrogen (secondary N) is 1. The van der Waals surface area contributed by atoms with Gasteiger partial charge in [0, 0.05) is 12.8 Å². The van der Waals surface area contributed by atoms with Gasteiger partial charge in [-0.1, -0.05) is 257 Å². The second-order valence-corrected chi connectivity index (χ2v) is 19.3. The van der Waals surface area contributed by atoms with Crippen LogP contribution < -0.4 is 5.32 Å².